The number of carbonyl (C=O) groups excluding carboxylic acids is 1. The van der Waals surface area contributed by atoms with Crippen LogP contribution in [0.5, 0.6) is 0 Å². The highest BCUT2D eigenvalue weighted by Crippen LogP contribution is 2.33. The predicted octanol–water partition coefficient (Wildman–Crippen LogP) is 3.31. The number of fused-ring (bicyclic) bond motifs is 1. The molecule has 0 saturated heterocycles. The number of nitrogens with zero attached hydrogens (tertiary/aromatic N) is 4. The van der Waals surface area contributed by atoms with Gasteiger partial charge in [0, 0.05) is 43.4 Å². The first-order valence-corrected chi connectivity index (χ1v) is 8.67. The number of hydrogen-bond acceptors (Lipinski definition) is 4. The fourth-order valence-corrected chi connectivity index (χ4v) is 2.87. The van der Waals surface area contributed by atoms with Crippen LogP contribution in [0.25, 0.3) is 11.0 Å². The molecule has 0 saturated carbocycles. The van der Waals surface area contributed by atoms with Gasteiger partial charge in [-0.3, -0.25) is 18.8 Å². The van der Waals surface area contributed by atoms with E-state index in [1.807, 2.05) is 0 Å². The molecule has 0 fully saturated rings. The van der Waals surface area contributed by atoms with Crippen LogP contribution in [0.2, 0.25) is 5.15 Å². The Bertz CT molecular complexity index is 1090. The van der Waals surface area contributed by atoms with Crippen molar-refractivity contribution in [2.24, 2.45) is 0 Å². The zero-order valence-electron chi connectivity index (χ0n) is 14.6. The SMILES string of the molecule is CCn1cc2c(C(F)(F)F)cc(=O)n(CCC(=O)Nc3cccnc3Cl)c2n1. The topological polar surface area (TPSA) is 81.8 Å². The molecule has 7 nitrogen and oxygen atoms in total. The maximum absolute atomic E-state index is 13.3. The van der Waals surface area contributed by atoms with Crippen LogP contribution >= 0.6 is 11.6 Å². The second-order valence-electron chi connectivity index (χ2n) is 5.91. The Labute approximate surface area is 161 Å². The number of anilines is 1. The van der Waals surface area contributed by atoms with Gasteiger partial charge in [-0.2, -0.15) is 18.3 Å². The molecule has 0 unspecified atom stereocenters. The summed E-state index contributed by atoms with van der Waals surface area (Å²) in [5, 5.41) is 6.52. The van der Waals surface area contributed by atoms with Crippen LogP contribution < -0.4 is 10.9 Å². The van der Waals surface area contributed by atoms with Crippen LogP contribution in [0.3, 0.4) is 0 Å². The number of halogens is 4. The Kier molecular flexibility index (Phi) is 5.41. The first kappa shape index (κ1) is 19.9. The lowest BCUT2D eigenvalue weighted by Gasteiger charge is -2.12. The molecule has 28 heavy (non-hydrogen) atoms. The van der Waals surface area contributed by atoms with Gasteiger partial charge in [0.1, 0.15) is 0 Å². The van der Waals surface area contributed by atoms with E-state index in [-0.39, 0.29) is 29.2 Å². The minimum Gasteiger partial charge on any atom is -0.323 e. The number of carbonyl (C=O) groups is 1. The summed E-state index contributed by atoms with van der Waals surface area (Å²) in [6.07, 6.45) is -2.15. The maximum Gasteiger partial charge on any atom is 0.417 e. The van der Waals surface area contributed by atoms with Crippen LogP contribution in [-0.4, -0.2) is 25.2 Å². The number of pyridine rings is 2. The number of aryl methyl sites for hydroxylation is 2. The van der Waals surface area contributed by atoms with Gasteiger partial charge in [0.15, 0.2) is 10.8 Å². The molecule has 0 spiro atoms. The molecule has 3 rings (SSSR count). The molecule has 0 aliphatic heterocycles. The number of alkyl halides is 3. The average molecular weight is 414 g/mol. The summed E-state index contributed by atoms with van der Waals surface area (Å²) in [7, 11) is 0. The molecule has 0 aromatic carbocycles. The van der Waals surface area contributed by atoms with E-state index >= 15 is 0 Å². The molecule has 3 aromatic heterocycles. The van der Waals surface area contributed by atoms with Gasteiger partial charge < -0.3 is 5.32 Å². The van der Waals surface area contributed by atoms with Gasteiger partial charge in [0.05, 0.1) is 11.3 Å². The maximum atomic E-state index is 13.3. The fourth-order valence-electron chi connectivity index (χ4n) is 2.70. The van der Waals surface area contributed by atoms with E-state index in [0.717, 1.165) is 4.57 Å². The molecule has 0 radical (unpaired) electrons. The lowest BCUT2D eigenvalue weighted by molar-refractivity contribution is -0.136. The molecular weight excluding hydrogens is 399 g/mol. The summed E-state index contributed by atoms with van der Waals surface area (Å²) < 4.78 is 42.2. The highest BCUT2D eigenvalue weighted by atomic mass is 35.5. The normalized spacial score (nSPS) is 11.8. The Hall–Kier alpha value is -2.88. The van der Waals surface area contributed by atoms with E-state index in [1.54, 1.807) is 19.1 Å². The van der Waals surface area contributed by atoms with Gasteiger partial charge in [-0.15, -0.1) is 0 Å². The van der Waals surface area contributed by atoms with E-state index in [9.17, 15) is 22.8 Å². The second kappa shape index (κ2) is 7.63. The third-order valence-corrected chi connectivity index (χ3v) is 4.35. The van der Waals surface area contributed by atoms with E-state index < -0.39 is 23.2 Å². The van der Waals surface area contributed by atoms with Crippen molar-refractivity contribution in [3.8, 4) is 0 Å². The summed E-state index contributed by atoms with van der Waals surface area (Å²) in [4.78, 5) is 28.3. The quantitative estimate of drug-likeness (QED) is 0.650. The van der Waals surface area contributed by atoms with Crippen LogP contribution in [0, 0.1) is 0 Å². The van der Waals surface area contributed by atoms with E-state index in [2.05, 4.69) is 15.4 Å². The van der Waals surface area contributed by atoms with Gasteiger partial charge in [0.2, 0.25) is 5.91 Å². The van der Waals surface area contributed by atoms with Crippen LogP contribution in [0.15, 0.2) is 35.4 Å². The van der Waals surface area contributed by atoms with Crippen molar-refractivity contribution >= 4 is 34.2 Å². The Morgan fingerprint density at radius 1 is 1.36 bits per heavy atom. The molecule has 0 aliphatic rings. The summed E-state index contributed by atoms with van der Waals surface area (Å²) in [5.74, 6) is -0.468. The molecular formula is C17H15ClF3N5O2. The molecule has 0 atom stereocenters. The standard InChI is InChI=1S/C17H15ClF3N5O2/c1-2-25-9-10-11(17(19,20)21)8-14(28)26(16(10)24-25)7-5-13(27)23-12-4-3-6-22-15(12)18/h3-4,6,8-9H,2,5,7H2,1H3,(H,23,27). The van der Waals surface area contributed by atoms with Gasteiger partial charge in [-0.05, 0) is 19.1 Å². The van der Waals surface area contributed by atoms with Crippen molar-refractivity contribution < 1.29 is 18.0 Å². The average Bonchev–Trinajstić information content (AvgIpc) is 3.05. The zero-order valence-corrected chi connectivity index (χ0v) is 15.4. The van der Waals surface area contributed by atoms with E-state index in [1.165, 1.54) is 17.1 Å². The van der Waals surface area contributed by atoms with Crippen LogP contribution in [0.1, 0.15) is 18.9 Å². The Morgan fingerprint density at radius 2 is 2.11 bits per heavy atom. The number of amides is 1. The summed E-state index contributed by atoms with van der Waals surface area (Å²) in [5.41, 5.74) is -1.74. The second-order valence-corrected chi connectivity index (χ2v) is 6.27. The largest absolute Gasteiger partial charge is 0.417 e. The number of hydrogen-bond donors (Lipinski definition) is 1. The van der Waals surface area contributed by atoms with Crippen LogP contribution in [-0.2, 0) is 24.1 Å². The van der Waals surface area contributed by atoms with Crippen molar-refractivity contribution in [3.05, 3.63) is 51.7 Å². The molecule has 11 heteroatoms. The summed E-state index contributed by atoms with van der Waals surface area (Å²) in [6, 6.07) is 3.67. The van der Waals surface area contributed by atoms with Gasteiger partial charge in [-0.1, -0.05) is 11.6 Å². The molecule has 3 heterocycles. The highest BCUT2D eigenvalue weighted by molar-refractivity contribution is 6.32. The van der Waals surface area contributed by atoms with Crippen LogP contribution in [0.4, 0.5) is 18.9 Å². The van der Waals surface area contributed by atoms with Crippen molar-refractivity contribution in [2.45, 2.75) is 32.6 Å². The van der Waals surface area contributed by atoms with Gasteiger partial charge in [-0.25, -0.2) is 4.98 Å². The first-order chi connectivity index (χ1) is 13.2. The predicted molar refractivity (Wildman–Crippen MR) is 97.2 cm³/mol. The van der Waals surface area contributed by atoms with Crippen molar-refractivity contribution in [2.75, 3.05) is 5.32 Å². The third kappa shape index (κ3) is 4.01. The van der Waals surface area contributed by atoms with Crippen molar-refractivity contribution in [3.63, 3.8) is 0 Å². The van der Waals surface area contributed by atoms with E-state index in [4.69, 9.17) is 11.6 Å². The van der Waals surface area contributed by atoms with Gasteiger partial charge in [0.25, 0.3) is 5.56 Å². The smallest absolute Gasteiger partial charge is 0.323 e. The number of nitrogens with one attached hydrogen (secondary N) is 1. The monoisotopic (exact) mass is 413 g/mol. The zero-order chi connectivity index (χ0) is 20.5. The Morgan fingerprint density at radius 3 is 2.75 bits per heavy atom. The third-order valence-electron chi connectivity index (χ3n) is 4.05. The lowest BCUT2D eigenvalue weighted by Crippen LogP contribution is -2.25. The highest BCUT2D eigenvalue weighted by Gasteiger charge is 2.35. The minimum absolute atomic E-state index is 0.103. The molecule has 1 amide bonds. The van der Waals surface area contributed by atoms with Gasteiger partial charge >= 0.3 is 6.18 Å². The molecule has 3 aromatic rings. The summed E-state index contributed by atoms with van der Waals surface area (Å²) >= 11 is 5.87. The molecule has 148 valence electrons. The molecule has 0 aliphatic carbocycles. The molecule has 1 N–H and O–H groups in total. The fraction of sp³-hybridized carbons (Fsp3) is 0.294. The van der Waals surface area contributed by atoms with Crippen molar-refractivity contribution in [1.82, 2.24) is 19.3 Å². The first-order valence-electron chi connectivity index (χ1n) is 8.29. The lowest BCUT2D eigenvalue weighted by atomic mass is 10.2. The number of rotatable bonds is 5. The van der Waals surface area contributed by atoms with E-state index in [0.29, 0.717) is 18.3 Å². The number of aromatic nitrogens is 4. The Balaban J connectivity index is 1.90. The minimum atomic E-state index is -4.69. The molecule has 0 bridgehead atoms. The van der Waals surface area contributed by atoms with Crippen molar-refractivity contribution in [1.29, 1.82) is 0 Å². The summed E-state index contributed by atoms with van der Waals surface area (Å²) in [6.45, 7) is 1.91.